The maximum Gasteiger partial charge on any atom is 0.229 e. The molecule has 11 atom stereocenters. The van der Waals surface area contributed by atoms with Gasteiger partial charge in [-0.25, -0.2) is 0 Å². The van der Waals surface area contributed by atoms with Crippen LogP contribution in [0.3, 0.4) is 0 Å². The zero-order valence-corrected chi connectivity index (χ0v) is 27.4. The highest BCUT2D eigenvalue weighted by Gasteiger charge is 2.72. The van der Waals surface area contributed by atoms with E-state index in [2.05, 4.69) is 46.1 Å². The number of allylic oxidation sites excluding steroid dienone is 1. The quantitative estimate of drug-likeness (QED) is 0.421. The summed E-state index contributed by atoms with van der Waals surface area (Å²) in [5.74, 6) is 2.61. The van der Waals surface area contributed by atoms with Gasteiger partial charge in [-0.3, -0.25) is 9.59 Å². The Morgan fingerprint density at radius 3 is 2.07 bits per heavy atom. The van der Waals surface area contributed by atoms with Gasteiger partial charge in [0.25, 0.3) is 0 Å². The Labute approximate surface area is 254 Å². The molecule has 42 heavy (non-hydrogen) atoms. The van der Waals surface area contributed by atoms with Crippen molar-refractivity contribution in [3.8, 4) is 0 Å². The highest BCUT2D eigenvalue weighted by atomic mass is 16.3. The predicted octanol–water partition coefficient (Wildman–Crippen LogP) is 5.67. The van der Waals surface area contributed by atoms with Crippen LogP contribution in [0.2, 0.25) is 0 Å². The van der Waals surface area contributed by atoms with Crippen LogP contribution in [0.15, 0.2) is 12.2 Å². The molecule has 0 aromatic heterocycles. The van der Waals surface area contributed by atoms with E-state index in [-0.39, 0.29) is 34.2 Å². The number of hydrogen-bond acceptors (Lipinski definition) is 4. The fourth-order valence-corrected chi connectivity index (χ4v) is 13.1. The van der Waals surface area contributed by atoms with E-state index >= 15 is 0 Å². The number of hydrogen-bond donors (Lipinski definition) is 2. The number of amides is 2. The van der Waals surface area contributed by atoms with Crippen LogP contribution in [-0.4, -0.2) is 70.7 Å². The second-order valence-corrected chi connectivity index (χ2v) is 16.9. The number of carbonyl (C=O) groups excluding carboxylic acids is 2. The molecular formula is C36H58N2O4. The summed E-state index contributed by atoms with van der Waals surface area (Å²) in [5, 5.41) is 21.6. The van der Waals surface area contributed by atoms with Crippen molar-refractivity contribution in [2.45, 2.75) is 112 Å². The Morgan fingerprint density at radius 1 is 0.786 bits per heavy atom. The highest BCUT2D eigenvalue weighted by Crippen LogP contribution is 2.77. The average molecular weight is 583 g/mol. The number of piperazine rings is 1. The number of nitrogens with zero attached hydrogens (tertiary/aromatic N) is 2. The summed E-state index contributed by atoms with van der Waals surface area (Å²) in [5.41, 5.74) is 0.953. The third-order valence-electron chi connectivity index (χ3n) is 15.6. The molecule has 5 aliphatic carbocycles. The molecule has 236 valence electrons. The van der Waals surface area contributed by atoms with Crippen molar-refractivity contribution in [2.24, 2.45) is 56.7 Å². The Bertz CT molecular complexity index is 1130. The molecule has 5 saturated carbocycles. The summed E-state index contributed by atoms with van der Waals surface area (Å²) in [4.78, 5) is 30.6. The first-order chi connectivity index (χ1) is 19.7. The van der Waals surface area contributed by atoms with Gasteiger partial charge in [-0.1, -0.05) is 39.8 Å². The zero-order valence-electron chi connectivity index (χ0n) is 27.4. The molecule has 1 aliphatic heterocycles. The van der Waals surface area contributed by atoms with Crippen molar-refractivity contribution in [1.82, 2.24) is 9.80 Å². The fraction of sp³-hybridized carbons (Fsp3) is 0.889. The molecule has 0 radical (unpaired) electrons. The molecule has 1 heterocycles. The molecule has 0 aromatic carbocycles. The van der Waals surface area contributed by atoms with E-state index in [1.54, 1.807) is 6.92 Å². The van der Waals surface area contributed by atoms with Crippen molar-refractivity contribution in [1.29, 1.82) is 0 Å². The molecule has 4 unspecified atom stereocenters. The molecular weight excluding hydrogens is 524 g/mol. The van der Waals surface area contributed by atoms with Crippen molar-refractivity contribution >= 4 is 11.8 Å². The van der Waals surface area contributed by atoms with Gasteiger partial charge in [0.1, 0.15) is 0 Å². The molecule has 2 amide bonds. The second-order valence-electron chi connectivity index (χ2n) is 16.9. The van der Waals surface area contributed by atoms with Crippen LogP contribution in [0.5, 0.6) is 0 Å². The molecule has 1 saturated heterocycles. The predicted molar refractivity (Wildman–Crippen MR) is 165 cm³/mol. The first-order valence-corrected chi connectivity index (χ1v) is 17.2. The molecule has 6 fully saturated rings. The molecule has 6 nitrogen and oxygen atoms in total. The van der Waals surface area contributed by atoms with E-state index < -0.39 is 11.5 Å². The van der Waals surface area contributed by atoms with Crippen LogP contribution in [0.1, 0.15) is 106 Å². The summed E-state index contributed by atoms with van der Waals surface area (Å²) >= 11 is 0. The first kappa shape index (κ1) is 30.6. The van der Waals surface area contributed by atoms with E-state index in [1.807, 2.05) is 4.90 Å². The zero-order chi connectivity index (χ0) is 30.5. The van der Waals surface area contributed by atoms with Gasteiger partial charge in [0.05, 0.1) is 18.1 Å². The van der Waals surface area contributed by atoms with E-state index in [9.17, 15) is 19.8 Å². The molecule has 6 rings (SSSR count). The monoisotopic (exact) mass is 582 g/mol. The number of rotatable bonds is 3. The molecule has 0 bridgehead atoms. The standard InChI is InChI=1S/C36H58N2O4/c1-23(2)25-10-15-36(31(42)38-20-18-37(19-21-38)24(3)40)17-16-34(6)26(30(25)36)8-9-28-32(4)13-12-29(41)33(5,22-39)27(32)11-14-35(28,34)7/h25-30,39,41H,1,8-22H2,2-7H3/t25-,26?,27?,28?,29-,30?,32-,33-,34+,35+,36-/m0/s1. The minimum absolute atomic E-state index is 0.0609. The first-order valence-electron chi connectivity index (χ1n) is 17.2. The minimum Gasteiger partial charge on any atom is -0.396 e. The van der Waals surface area contributed by atoms with E-state index in [4.69, 9.17) is 0 Å². The van der Waals surface area contributed by atoms with E-state index in [0.29, 0.717) is 61.7 Å². The van der Waals surface area contributed by atoms with Gasteiger partial charge >= 0.3 is 0 Å². The van der Waals surface area contributed by atoms with E-state index in [0.717, 1.165) is 51.4 Å². The lowest BCUT2D eigenvalue weighted by molar-refractivity contribution is -0.253. The largest absolute Gasteiger partial charge is 0.396 e. The van der Waals surface area contributed by atoms with Crippen LogP contribution in [0, 0.1) is 56.7 Å². The van der Waals surface area contributed by atoms with Crippen LogP contribution >= 0.6 is 0 Å². The van der Waals surface area contributed by atoms with Crippen LogP contribution in [0.4, 0.5) is 0 Å². The third-order valence-corrected chi connectivity index (χ3v) is 15.6. The Kier molecular flexibility index (Phi) is 7.33. The molecule has 0 aromatic rings. The van der Waals surface area contributed by atoms with Crippen molar-refractivity contribution in [3.05, 3.63) is 12.2 Å². The van der Waals surface area contributed by atoms with Gasteiger partial charge in [-0.15, -0.1) is 0 Å². The third kappa shape index (κ3) is 3.88. The lowest BCUT2D eigenvalue weighted by Crippen LogP contribution is -2.68. The van der Waals surface area contributed by atoms with Crippen LogP contribution < -0.4 is 0 Å². The number of fused-ring (bicyclic) bond motifs is 7. The smallest absolute Gasteiger partial charge is 0.229 e. The summed E-state index contributed by atoms with van der Waals surface area (Å²) in [6.07, 6.45) is 10.1. The van der Waals surface area contributed by atoms with Crippen molar-refractivity contribution in [2.75, 3.05) is 32.8 Å². The Hall–Kier alpha value is -1.40. The fourth-order valence-electron chi connectivity index (χ4n) is 13.1. The lowest BCUT2D eigenvalue weighted by Gasteiger charge is -2.73. The van der Waals surface area contributed by atoms with Gasteiger partial charge in [0.15, 0.2) is 0 Å². The molecule has 0 spiro atoms. The Balaban J connectivity index is 1.34. The number of aliphatic hydroxyl groups is 2. The average Bonchev–Trinajstić information content (AvgIpc) is 3.36. The number of carbonyl (C=O) groups is 2. The van der Waals surface area contributed by atoms with Crippen molar-refractivity contribution < 1.29 is 19.8 Å². The topological polar surface area (TPSA) is 81.1 Å². The summed E-state index contributed by atoms with van der Waals surface area (Å²) in [7, 11) is 0. The van der Waals surface area contributed by atoms with Gasteiger partial charge in [-0.2, -0.15) is 0 Å². The van der Waals surface area contributed by atoms with Gasteiger partial charge < -0.3 is 20.0 Å². The van der Waals surface area contributed by atoms with Crippen molar-refractivity contribution in [3.63, 3.8) is 0 Å². The number of aliphatic hydroxyl groups excluding tert-OH is 2. The van der Waals surface area contributed by atoms with Gasteiger partial charge in [0, 0.05) is 38.5 Å². The highest BCUT2D eigenvalue weighted by molar-refractivity contribution is 5.84. The normalized spacial score (nSPS) is 50.3. The maximum absolute atomic E-state index is 14.7. The van der Waals surface area contributed by atoms with Gasteiger partial charge in [-0.05, 0) is 117 Å². The summed E-state index contributed by atoms with van der Waals surface area (Å²) in [6.45, 7) is 20.8. The SMILES string of the molecule is C=C(C)[C@@H]1CC[C@]2(C(=O)N3CCN(C(C)=O)CC3)CC[C@]3(C)C(CCC4[C@@]5(C)CC[C@H](O)[C@@](C)(CO)C5CC[C@]43C)C12. The van der Waals surface area contributed by atoms with E-state index in [1.165, 1.54) is 18.4 Å². The van der Waals surface area contributed by atoms with Gasteiger partial charge in [0.2, 0.25) is 11.8 Å². The molecule has 2 N–H and O–H groups in total. The molecule has 6 heteroatoms. The maximum atomic E-state index is 14.7. The minimum atomic E-state index is -0.427. The lowest BCUT2D eigenvalue weighted by atomic mass is 9.32. The summed E-state index contributed by atoms with van der Waals surface area (Å²) < 4.78 is 0. The molecule has 6 aliphatic rings. The second kappa shape index (κ2) is 10.1. The van der Waals surface area contributed by atoms with Crippen LogP contribution in [-0.2, 0) is 9.59 Å². The Morgan fingerprint density at radius 2 is 1.45 bits per heavy atom. The van der Waals surface area contributed by atoms with Crippen LogP contribution in [0.25, 0.3) is 0 Å². The summed E-state index contributed by atoms with van der Waals surface area (Å²) in [6, 6.07) is 0.